The lowest BCUT2D eigenvalue weighted by Crippen LogP contribution is -2.11. The second kappa shape index (κ2) is 6.91. The first-order valence-electron chi connectivity index (χ1n) is 5.72. The van der Waals surface area contributed by atoms with Gasteiger partial charge >= 0.3 is 0 Å². The van der Waals surface area contributed by atoms with Gasteiger partial charge in [-0.3, -0.25) is 0 Å². The lowest BCUT2D eigenvalue weighted by molar-refractivity contribution is 0.333. The molecule has 0 radical (unpaired) electrons. The summed E-state index contributed by atoms with van der Waals surface area (Å²) in [6.45, 7) is 1.12. The molecule has 100 valence electrons. The minimum absolute atomic E-state index is 0.279. The van der Waals surface area contributed by atoms with Gasteiger partial charge in [0.25, 0.3) is 0 Å². The molecule has 0 unspecified atom stereocenters. The quantitative estimate of drug-likeness (QED) is 0.740. The Bertz CT molecular complexity index is 546. The van der Waals surface area contributed by atoms with E-state index in [0.717, 1.165) is 15.9 Å². The van der Waals surface area contributed by atoms with Crippen LogP contribution in [-0.2, 0) is 0 Å². The Morgan fingerprint density at radius 3 is 2.47 bits per heavy atom. The van der Waals surface area contributed by atoms with Gasteiger partial charge in [0.2, 0.25) is 0 Å². The van der Waals surface area contributed by atoms with E-state index in [1.165, 1.54) is 6.07 Å². The smallest absolute Gasteiger partial charge is 0.139 e. The number of anilines is 1. The number of hydrogen-bond acceptors (Lipinski definition) is 2. The number of halogens is 3. The minimum atomic E-state index is -0.279. The molecule has 5 heteroatoms. The summed E-state index contributed by atoms with van der Waals surface area (Å²) >= 11 is 6.48. The number of nitrogens with one attached hydrogen (secondary N) is 1. The summed E-state index contributed by atoms with van der Waals surface area (Å²) in [7, 11) is 0. The van der Waals surface area contributed by atoms with Gasteiger partial charge in [0, 0.05) is 16.7 Å². The van der Waals surface area contributed by atoms with Crippen molar-refractivity contribution in [3.05, 3.63) is 57.2 Å². The Morgan fingerprint density at radius 2 is 1.79 bits per heavy atom. The van der Waals surface area contributed by atoms with Crippen LogP contribution in [0.3, 0.4) is 0 Å². The maximum atomic E-state index is 13.3. The molecule has 2 aromatic carbocycles. The third-order valence-electron chi connectivity index (χ3n) is 2.43. The lowest BCUT2D eigenvalue weighted by atomic mass is 10.3. The van der Waals surface area contributed by atoms with Crippen LogP contribution in [0.4, 0.5) is 10.1 Å². The maximum absolute atomic E-state index is 13.3. The van der Waals surface area contributed by atoms with Crippen LogP contribution < -0.4 is 10.1 Å². The molecule has 0 aliphatic heterocycles. The first-order chi connectivity index (χ1) is 9.15. The van der Waals surface area contributed by atoms with Crippen molar-refractivity contribution in [3.63, 3.8) is 0 Å². The molecule has 2 rings (SSSR count). The van der Waals surface area contributed by atoms with Crippen molar-refractivity contribution in [2.75, 3.05) is 18.5 Å². The number of rotatable bonds is 5. The molecule has 0 amide bonds. The molecule has 0 heterocycles. The normalized spacial score (nSPS) is 10.3. The van der Waals surface area contributed by atoms with Crippen LogP contribution in [0.2, 0.25) is 0 Å². The van der Waals surface area contributed by atoms with Crippen LogP contribution in [-0.4, -0.2) is 13.2 Å². The van der Waals surface area contributed by atoms with Gasteiger partial charge in [0.05, 0.1) is 4.47 Å². The molecule has 0 fully saturated rings. The van der Waals surface area contributed by atoms with Gasteiger partial charge in [-0.15, -0.1) is 0 Å². The fraction of sp³-hybridized carbons (Fsp3) is 0.143. The van der Waals surface area contributed by atoms with Gasteiger partial charge in [0.1, 0.15) is 18.2 Å². The second-order valence-electron chi connectivity index (χ2n) is 3.86. The van der Waals surface area contributed by atoms with E-state index < -0.39 is 0 Å². The van der Waals surface area contributed by atoms with Crippen LogP contribution in [0, 0.1) is 5.82 Å². The van der Waals surface area contributed by atoms with Gasteiger partial charge in [-0.05, 0) is 58.4 Å². The fourth-order valence-electron chi connectivity index (χ4n) is 1.50. The topological polar surface area (TPSA) is 21.3 Å². The van der Waals surface area contributed by atoms with E-state index in [0.29, 0.717) is 17.6 Å². The van der Waals surface area contributed by atoms with Gasteiger partial charge in [0.15, 0.2) is 0 Å². The molecule has 0 spiro atoms. The zero-order valence-electron chi connectivity index (χ0n) is 10.00. The molecule has 0 aliphatic rings. The summed E-state index contributed by atoms with van der Waals surface area (Å²) in [6, 6.07) is 12.6. The van der Waals surface area contributed by atoms with Crippen molar-refractivity contribution < 1.29 is 9.13 Å². The molecule has 0 aromatic heterocycles. The van der Waals surface area contributed by atoms with Crippen molar-refractivity contribution in [2.45, 2.75) is 0 Å². The average molecular weight is 389 g/mol. The van der Waals surface area contributed by atoms with Crippen molar-refractivity contribution in [1.29, 1.82) is 0 Å². The molecular formula is C14H12Br2FNO. The molecule has 0 saturated heterocycles. The van der Waals surface area contributed by atoms with Gasteiger partial charge < -0.3 is 10.1 Å². The number of ether oxygens (including phenoxy) is 1. The molecule has 2 aromatic rings. The molecule has 2 nitrogen and oxygen atoms in total. The highest BCUT2D eigenvalue weighted by Gasteiger charge is 2.00. The lowest BCUT2D eigenvalue weighted by Gasteiger charge is -2.09. The van der Waals surface area contributed by atoms with Crippen molar-refractivity contribution >= 4 is 37.5 Å². The summed E-state index contributed by atoms with van der Waals surface area (Å²) in [5.41, 5.74) is 0.736. The fourth-order valence-corrected chi connectivity index (χ4v) is 2.01. The number of benzene rings is 2. The summed E-state index contributed by atoms with van der Waals surface area (Å²) in [5, 5.41) is 3.10. The zero-order valence-corrected chi connectivity index (χ0v) is 13.2. The molecule has 19 heavy (non-hydrogen) atoms. The zero-order chi connectivity index (χ0) is 13.7. The standard InChI is InChI=1S/C14H12Br2FNO/c15-10-1-4-12(5-2-10)19-8-7-18-11-3-6-13(16)14(17)9-11/h1-6,9,18H,7-8H2. The molecule has 0 bridgehead atoms. The number of hydrogen-bond donors (Lipinski definition) is 1. The summed E-state index contributed by atoms with van der Waals surface area (Å²) in [6.07, 6.45) is 0. The van der Waals surface area contributed by atoms with Gasteiger partial charge in [-0.2, -0.15) is 0 Å². The summed E-state index contributed by atoms with van der Waals surface area (Å²) in [5.74, 6) is 0.533. The first kappa shape index (κ1) is 14.3. The Balaban J connectivity index is 1.77. The monoisotopic (exact) mass is 387 g/mol. The van der Waals surface area contributed by atoms with Gasteiger partial charge in [-0.1, -0.05) is 15.9 Å². The van der Waals surface area contributed by atoms with E-state index in [1.54, 1.807) is 6.07 Å². The van der Waals surface area contributed by atoms with E-state index in [9.17, 15) is 4.39 Å². The Hall–Kier alpha value is -1.07. The molecule has 1 N–H and O–H groups in total. The molecule has 0 aliphatic carbocycles. The minimum Gasteiger partial charge on any atom is -0.492 e. The maximum Gasteiger partial charge on any atom is 0.139 e. The average Bonchev–Trinajstić information content (AvgIpc) is 2.41. The van der Waals surface area contributed by atoms with E-state index >= 15 is 0 Å². The Kier molecular flexibility index (Phi) is 5.22. The SMILES string of the molecule is Fc1cc(NCCOc2ccc(Br)cc2)ccc1Br. The van der Waals surface area contributed by atoms with E-state index in [2.05, 4.69) is 37.2 Å². The van der Waals surface area contributed by atoms with E-state index in [-0.39, 0.29) is 5.82 Å². The Labute approximate surface area is 128 Å². The highest BCUT2D eigenvalue weighted by molar-refractivity contribution is 9.10. The van der Waals surface area contributed by atoms with Crippen LogP contribution in [0.15, 0.2) is 51.4 Å². The van der Waals surface area contributed by atoms with E-state index in [1.807, 2.05) is 30.3 Å². The first-order valence-corrected chi connectivity index (χ1v) is 7.31. The summed E-state index contributed by atoms with van der Waals surface area (Å²) in [4.78, 5) is 0. The van der Waals surface area contributed by atoms with Crippen molar-refractivity contribution in [1.82, 2.24) is 0 Å². The second-order valence-corrected chi connectivity index (χ2v) is 5.63. The predicted octanol–water partition coefficient (Wildman–Crippen LogP) is 4.84. The highest BCUT2D eigenvalue weighted by atomic mass is 79.9. The molecule has 0 saturated carbocycles. The van der Waals surface area contributed by atoms with Crippen molar-refractivity contribution in [3.8, 4) is 5.75 Å². The third kappa shape index (κ3) is 4.51. The largest absolute Gasteiger partial charge is 0.492 e. The highest BCUT2D eigenvalue weighted by Crippen LogP contribution is 2.19. The third-order valence-corrected chi connectivity index (χ3v) is 3.60. The van der Waals surface area contributed by atoms with Crippen LogP contribution >= 0.6 is 31.9 Å². The van der Waals surface area contributed by atoms with E-state index in [4.69, 9.17) is 4.74 Å². The summed E-state index contributed by atoms with van der Waals surface area (Å²) < 4.78 is 20.3. The van der Waals surface area contributed by atoms with Crippen LogP contribution in [0.1, 0.15) is 0 Å². The van der Waals surface area contributed by atoms with Crippen LogP contribution in [0.5, 0.6) is 5.75 Å². The van der Waals surface area contributed by atoms with Crippen LogP contribution in [0.25, 0.3) is 0 Å². The van der Waals surface area contributed by atoms with Gasteiger partial charge in [-0.25, -0.2) is 4.39 Å². The molecule has 0 atom stereocenters. The van der Waals surface area contributed by atoms with Crippen molar-refractivity contribution in [2.24, 2.45) is 0 Å². The Morgan fingerprint density at radius 1 is 1.05 bits per heavy atom. The predicted molar refractivity (Wildman–Crippen MR) is 82.2 cm³/mol. The molecular weight excluding hydrogens is 377 g/mol.